The number of benzene rings is 2. The number of aliphatic hydroxyl groups excluding tert-OH is 1. The number of amides is 6. The van der Waals surface area contributed by atoms with Crippen molar-refractivity contribution in [1.29, 1.82) is 0 Å². The zero-order chi connectivity index (χ0) is 42.7. The standard InChI is InChI=1S/C43H55FN6O9/c1-23-9-8-10-28(15-23)18-32(46-36(52)19-29-13-12-24(2)16-31(29)44)38(53)47-37-27(5)59-43(58)35-17-25(3)21-49(35)40(55)26(4)45-39(54)33-11-6-7-14-48(33)41(56)34-20-30(51)22-50(34)42(37)57/h8-10,12-13,15-16,25-27,30,32-35,37,51H,6-7,11,14,17-22H2,1-5H3,(H,45,54)(H,46,52)(H,47,53)/t25-,26+,27+,30-,32+,33+,34+,35+,37+/m1/s1. The average Bonchev–Trinajstić information content (AvgIpc) is 3.78. The van der Waals surface area contributed by atoms with Gasteiger partial charge in [0, 0.05) is 32.5 Å². The molecular weight excluding hydrogens is 764 g/mol. The molecule has 2 aromatic carbocycles. The van der Waals surface area contributed by atoms with Gasteiger partial charge in [-0.1, -0.05) is 48.9 Å². The number of ether oxygens (including phenoxy) is 1. The summed E-state index contributed by atoms with van der Waals surface area (Å²) in [6.45, 7) is 8.53. The molecule has 4 saturated heterocycles. The predicted octanol–water partition coefficient (Wildman–Crippen LogP) is 1.23. The number of hydrogen-bond donors (Lipinski definition) is 4. The van der Waals surface area contributed by atoms with Crippen molar-refractivity contribution in [2.45, 2.75) is 128 Å². The topological polar surface area (TPSA) is 195 Å². The molecule has 6 rings (SSSR count). The summed E-state index contributed by atoms with van der Waals surface area (Å²) in [6.07, 6.45) is -1.23. The third-order valence-electron chi connectivity index (χ3n) is 11.8. The molecule has 6 amide bonds. The fourth-order valence-corrected chi connectivity index (χ4v) is 8.72. The van der Waals surface area contributed by atoms with Gasteiger partial charge in [0.15, 0.2) is 0 Å². The van der Waals surface area contributed by atoms with Gasteiger partial charge >= 0.3 is 5.97 Å². The van der Waals surface area contributed by atoms with Gasteiger partial charge in [-0.3, -0.25) is 28.8 Å². The molecule has 318 valence electrons. The Balaban J connectivity index is 1.35. The number of rotatable bonds is 7. The summed E-state index contributed by atoms with van der Waals surface area (Å²) in [7, 11) is 0. The molecule has 4 N–H and O–H groups in total. The predicted molar refractivity (Wildman–Crippen MR) is 212 cm³/mol. The smallest absolute Gasteiger partial charge is 0.329 e. The molecule has 16 heteroatoms. The minimum absolute atomic E-state index is 0.0259. The zero-order valence-corrected chi connectivity index (χ0v) is 34.2. The Kier molecular flexibility index (Phi) is 13.4. The van der Waals surface area contributed by atoms with Crippen LogP contribution in [0.2, 0.25) is 0 Å². The Morgan fingerprint density at radius 3 is 2.34 bits per heavy atom. The van der Waals surface area contributed by atoms with Crippen molar-refractivity contribution in [3.63, 3.8) is 0 Å². The Morgan fingerprint density at radius 2 is 1.61 bits per heavy atom. The number of hydrogen-bond acceptors (Lipinski definition) is 9. The first-order chi connectivity index (χ1) is 28.0. The highest BCUT2D eigenvalue weighted by molar-refractivity contribution is 5.98. The van der Waals surface area contributed by atoms with Crippen molar-refractivity contribution in [2.75, 3.05) is 19.6 Å². The van der Waals surface area contributed by atoms with Crippen LogP contribution in [0.1, 0.15) is 75.1 Å². The summed E-state index contributed by atoms with van der Waals surface area (Å²) >= 11 is 0. The second-order valence-electron chi connectivity index (χ2n) is 16.7. The van der Waals surface area contributed by atoms with E-state index in [9.17, 15) is 43.1 Å². The quantitative estimate of drug-likeness (QED) is 0.298. The number of fused-ring (bicyclic) bond motifs is 3. The van der Waals surface area contributed by atoms with E-state index in [0.717, 1.165) is 10.5 Å². The highest BCUT2D eigenvalue weighted by Crippen LogP contribution is 2.29. The molecule has 0 aromatic heterocycles. The molecule has 2 aromatic rings. The van der Waals surface area contributed by atoms with Crippen LogP contribution in [0.25, 0.3) is 0 Å². The minimum atomic E-state index is -1.63. The van der Waals surface area contributed by atoms with Gasteiger partial charge in [0.2, 0.25) is 35.4 Å². The number of carbonyl (C=O) groups is 7. The molecule has 0 bridgehead atoms. The second kappa shape index (κ2) is 18.3. The number of piperidine rings is 1. The second-order valence-corrected chi connectivity index (χ2v) is 16.7. The SMILES string of the molecule is Cc1cccc(C[C@H](NC(=O)Cc2ccc(C)cc2F)C(=O)N[C@@H]2C(=O)N3C[C@H](O)C[C@H]3C(=O)N3CCCC[C@H]3C(=O)N[C@@H](C)C(=O)N3C[C@H](C)C[C@H]3C(=O)O[C@H]2C)c1. The number of nitrogens with zero attached hydrogens (tertiary/aromatic N) is 3. The van der Waals surface area contributed by atoms with E-state index in [0.29, 0.717) is 30.4 Å². The highest BCUT2D eigenvalue weighted by Gasteiger charge is 2.49. The van der Waals surface area contributed by atoms with Crippen molar-refractivity contribution < 1.29 is 47.8 Å². The lowest BCUT2D eigenvalue weighted by atomic mass is 9.98. The van der Waals surface area contributed by atoms with E-state index < -0.39 is 95.7 Å². The Morgan fingerprint density at radius 1 is 0.881 bits per heavy atom. The van der Waals surface area contributed by atoms with E-state index in [-0.39, 0.29) is 56.8 Å². The van der Waals surface area contributed by atoms with Crippen LogP contribution in [0, 0.1) is 25.6 Å². The molecule has 9 atom stereocenters. The molecular formula is C43H55FN6O9. The van der Waals surface area contributed by atoms with Crippen molar-refractivity contribution in [3.05, 3.63) is 70.5 Å². The number of esters is 1. The summed E-state index contributed by atoms with van der Waals surface area (Å²) in [5, 5.41) is 19.1. The highest BCUT2D eigenvalue weighted by atomic mass is 19.1. The number of cyclic esters (lactones) is 1. The Labute approximate surface area is 343 Å². The van der Waals surface area contributed by atoms with Crippen LogP contribution in [0.4, 0.5) is 4.39 Å². The van der Waals surface area contributed by atoms with Gasteiger partial charge in [-0.15, -0.1) is 0 Å². The van der Waals surface area contributed by atoms with Crippen LogP contribution in [0.3, 0.4) is 0 Å². The summed E-state index contributed by atoms with van der Waals surface area (Å²) < 4.78 is 20.7. The first kappa shape index (κ1) is 43.2. The summed E-state index contributed by atoms with van der Waals surface area (Å²) in [5.41, 5.74) is 2.36. The van der Waals surface area contributed by atoms with Crippen LogP contribution >= 0.6 is 0 Å². The van der Waals surface area contributed by atoms with Crippen LogP contribution in [0.5, 0.6) is 0 Å². The van der Waals surface area contributed by atoms with Gasteiger partial charge in [0.25, 0.3) is 0 Å². The van der Waals surface area contributed by atoms with Crippen molar-refractivity contribution >= 4 is 41.4 Å². The number of aryl methyl sites for hydroxylation is 2. The number of aliphatic hydroxyl groups is 1. The maximum Gasteiger partial charge on any atom is 0.329 e. The molecule has 4 aliphatic rings. The fourth-order valence-electron chi connectivity index (χ4n) is 8.72. The zero-order valence-electron chi connectivity index (χ0n) is 34.2. The van der Waals surface area contributed by atoms with Crippen molar-refractivity contribution in [1.82, 2.24) is 30.7 Å². The Bertz CT molecular complexity index is 1980. The lowest BCUT2D eigenvalue weighted by molar-refractivity contribution is -0.163. The largest absolute Gasteiger partial charge is 0.458 e. The fraction of sp³-hybridized carbons (Fsp3) is 0.558. The van der Waals surface area contributed by atoms with Crippen LogP contribution in [-0.4, -0.2) is 129 Å². The molecule has 0 spiro atoms. The Hall–Kier alpha value is -5.38. The summed E-state index contributed by atoms with van der Waals surface area (Å²) in [4.78, 5) is 102. The van der Waals surface area contributed by atoms with E-state index in [1.807, 2.05) is 26.0 Å². The molecule has 4 aliphatic heterocycles. The van der Waals surface area contributed by atoms with Crippen LogP contribution in [-0.2, 0) is 51.1 Å². The van der Waals surface area contributed by atoms with E-state index in [2.05, 4.69) is 16.0 Å². The van der Waals surface area contributed by atoms with Gasteiger partial charge in [-0.25, -0.2) is 9.18 Å². The minimum Gasteiger partial charge on any atom is -0.458 e. The lowest BCUT2D eigenvalue weighted by Crippen LogP contribution is -2.63. The first-order valence-corrected chi connectivity index (χ1v) is 20.5. The molecule has 4 heterocycles. The summed E-state index contributed by atoms with van der Waals surface area (Å²) in [6, 6.07) is 4.55. The van der Waals surface area contributed by atoms with Gasteiger partial charge < -0.3 is 40.5 Å². The average molecular weight is 819 g/mol. The van der Waals surface area contributed by atoms with Crippen LogP contribution < -0.4 is 16.0 Å². The van der Waals surface area contributed by atoms with Gasteiger partial charge in [-0.2, -0.15) is 0 Å². The van der Waals surface area contributed by atoms with Crippen molar-refractivity contribution in [3.8, 4) is 0 Å². The molecule has 15 nitrogen and oxygen atoms in total. The lowest BCUT2D eigenvalue weighted by Gasteiger charge is -2.39. The molecule has 0 aliphatic carbocycles. The van der Waals surface area contributed by atoms with E-state index in [1.165, 1.54) is 35.8 Å². The monoisotopic (exact) mass is 818 g/mol. The van der Waals surface area contributed by atoms with Gasteiger partial charge in [0.1, 0.15) is 48.2 Å². The number of nitrogens with one attached hydrogen (secondary N) is 3. The molecule has 0 unspecified atom stereocenters. The van der Waals surface area contributed by atoms with Crippen LogP contribution in [0.15, 0.2) is 42.5 Å². The van der Waals surface area contributed by atoms with Crippen molar-refractivity contribution in [2.24, 2.45) is 5.92 Å². The van der Waals surface area contributed by atoms with E-state index >= 15 is 0 Å². The third-order valence-corrected chi connectivity index (χ3v) is 11.8. The number of carbonyl (C=O) groups excluding carboxylic acids is 7. The molecule has 59 heavy (non-hydrogen) atoms. The van der Waals surface area contributed by atoms with Gasteiger partial charge in [-0.05, 0) is 82.1 Å². The maximum absolute atomic E-state index is 14.8. The third kappa shape index (κ3) is 9.91. The maximum atomic E-state index is 14.8. The first-order valence-electron chi connectivity index (χ1n) is 20.5. The molecule has 0 radical (unpaired) electrons. The molecule has 0 saturated carbocycles. The summed E-state index contributed by atoms with van der Waals surface area (Å²) in [5.74, 6) is -5.45. The normalized spacial score (nSPS) is 28.6. The van der Waals surface area contributed by atoms with E-state index in [1.54, 1.807) is 25.1 Å². The van der Waals surface area contributed by atoms with Gasteiger partial charge in [0.05, 0.1) is 12.5 Å². The number of halogens is 1. The molecule has 4 fully saturated rings. The van der Waals surface area contributed by atoms with E-state index in [4.69, 9.17) is 4.74 Å².